The van der Waals surface area contributed by atoms with Crippen LogP contribution < -0.4 is 0 Å². The molecule has 3 atom stereocenters. The van der Waals surface area contributed by atoms with Crippen LogP contribution in [0.1, 0.15) is 36.2 Å². The first-order valence-electron chi connectivity index (χ1n) is 7.12. The average molecular weight is 292 g/mol. The maximum Gasteiger partial charge on any atom is 0.197 e. The van der Waals surface area contributed by atoms with Crippen LogP contribution in [0.25, 0.3) is 0 Å². The van der Waals surface area contributed by atoms with Crippen LogP contribution in [0.15, 0.2) is 24.3 Å². The third-order valence-electron chi connectivity index (χ3n) is 4.07. The third-order valence-corrected chi connectivity index (χ3v) is 4.07. The summed E-state index contributed by atoms with van der Waals surface area (Å²) in [6.07, 6.45) is -0.648. The number of aliphatic hydroxyl groups excluding tert-OH is 1. The molecular formula is C16H20O5. The van der Waals surface area contributed by atoms with Gasteiger partial charge in [-0.2, -0.15) is 0 Å². The molecular weight excluding hydrogens is 272 g/mol. The lowest BCUT2D eigenvalue weighted by Crippen LogP contribution is -2.44. The summed E-state index contributed by atoms with van der Waals surface area (Å²) < 4.78 is 17.2. The Labute approximate surface area is 123 Å². The van der Waals surface area contributed by atoms with Gasteiger partial charge in [-0.1, -0.05) is 24.3 Å². The lowest BCUT2D eigenvalue weighted by Gasteiger charge is -2.28. The second kappa shape index (κ2) is 4.88. The molecule has 21 heavy (non-hydrogen) atoms. The SMILES string of the molecule is Cc1ccccc1C(=O)[C@@]1(CO)C[C@H]2OC(C)(C)O[C@@H]2O1. The van der Waals surface area contributed by atoms with Crippen molar-refractivity contribution in [3.8, 4) is 0 Å². The Hall–Kier alpha value is -1.27. The molecule has 2 fully saturated rings. The van der Waals surface area contributed by atoms with Crippen molar-refractivity contribution in [1.82, 2.24) is 0 Å². The van der Waals surface area contributed by atoms with Gasteiger partial charge in [-0.05, 0) is 26.3 Å². The Kier molecular flexibility index (Phi) is 3.41. The van der Waals surface area contributed by atoms with Gasteiger partial charge >= 0.3 is 0 Å². The lowest BCUT2D eigenvalue weighted by molar-refractivity contribution is -0.220. The Morgan fingerprint density at radius 3 is 2.62 bits per heavy atom. The van der Waals surface area contributed by atoms with Crippen molar-refractivity contribution in [3.63, 3.8) is 0 Å². The zero-order valence-corrected chi connectivity index (χ0v) is 12.5. The van der Waals surface area contributed by atoms with Crippen LogP contribution in [-0.2, 0) is 14.2 Å². The maximum absolute atomic E-state index is 12.8. The smallest absolute Gasteiger partial charge is 0.197 e. The molecule has 0 radical (unpaired) electrons. The van der Waals surface area contributed by atoms with E-state index < -0.39 is 17.7 Å². The minimum absolute atomic E-state index is 0.220. The molecule has 2 saturated heterocycles. The molecule has 0 aliphatic carbocycles. The van der Waals surface area contributed by atoms with Crippen LogP contribution >= 0.6 is 0 Å². The molecule has 1 aromatic carbocycles. The summed E-state index contributed by atoms with van der Waals surface area (Å²) in [5, 5.41) is 9.77. The van der Waals surface area contributed by atoms with E-state index in [2.05, 4.69) is 0 Å². The number of rotatable bonds is 3. The number of hydrogen-bond acceptors (Lipinski definition) is 5. The van der Waals surface area contributed by atoms with Gasteiger partial charge in [0, 0.05) is 12.0 Å². The number of benzene rings is 1. The number of carbonyl (C=O) groups is 1. The van der Waals surface area contributed by atoms with E-state index in [1.807, 2.05) is 19.1 Å². The summed E-state index contributed by atoms with van der Waals surface area (Å²) in [4.78, 5) is 12.8. The fraction of sp³-hybridized carbons (Fsp3) is 0.562. The number of carbonyl (C=O) groups excluding carboxylic acids is 1. The van der Waals surface area contributed by atoms with Gasteiger partial charge in [-0.3, -0.25) is 4.79 Å². The molecule has 0 aromatic heterocycles. The standard InChI is InChI=1S/C16H20O5/c1-10-6-4-5-7-11(10)13(18)16(9-17)8-12-14(21-16)20-15(2,3)19-12/h4-7,12,14,17H,8-9H2,1-3H3/t12-,14-,16+/m1/s1. The lowest BCUT2D eigenvalue weighted by atomic mass is 9.88. The highest BCUT2D eigenvalue weighted by Gasteiger charge is 2.58. The van der Waals surface area contributed by atoms with Crippen molar-refractivity contribution >= 4 is 5.78 Å². The monoisotopic (exact) mass is 292 g/mol. The second-order valence-corrected chi connectivity index (χ2v) is 6.16. The van der Waals surface area contributed by atoms with Gasteiger partial charge in [0.2, 0.25) is 0 Å². The number of aryl methyl sites for hydroxylation is 1. The van der Waals surface area contributed by atoms with E-state index in [1.165, 1.54) is 0 Å². The normalized spacial score (nSPS) is 33.9. The second-order valence-electron chi connectivity index (χ2n) is 6.16. The molecule has 2 heterocycles. The molecule has 0 saturated carbocycles. The Balaban J connectivity index is 1.87. The van der Waals surface area contributed by atoms with Gasteiger partial charge in [0.25, 0.3) is 0 Å². The van der Waals surface area contributed by atoms with Gasteiger partial charge < -0.3 is 19.3 Å². The molecule has 1 N–H and O–H groups in total. The van der Waals surface area contributed by atoms with E-state index in [9.17, 15) is 9.90 Å². The molecule has 1 aromatic rings. The van der Waals surface area contributed by atoms with Gasteiger partial charge in [-0.25, -0.2) is 0 Å². The Morgan fingerprint density at radius 2 is 2.00 bits per heavy atom. The van der Waals surface area contributed by atoms with Crippen LogP contribution in [0, 0.1) is 6.92 Å². The number of aliphatic hydroxyl groups is 1. The predicted molar refractivity (Wildman–Crippen MR) is 74.9 cm³/mol. The van der Waals surface area contributed by atoms with E-state index in [-0.39, 0.29) is 18.5 Å². The summed E-state index contributed by atoms with van der Waals surface area (Å²) in [5.74, 6) is -0.939. The molecule has 114 valence electrons. The fourth-order valence-electron chi connectivity index (χ4n) is 3.03. The first kappa shape index (κ1) is 14.7. The highest BCUT2D eigenvalue weighted by atomic mass is 16.8. The number of ether oxygens (including phenoxy) is 3. The molecule has 3 rings (SSSR count). The average Bonchev–Trinajstić information content (AvgIpc) is 2.89. The van der Waals surface area contributed by atoms with Crippen LogP contribution in [0.2, 0.25) is 0 Å². The van der Waals surface area contributed by atoms with Crippen molar-refractivity contribution in [2.24, 2.45) is 0 Å². The van der Waals surface area contributed by atoms with Crippen molar-refractivity contribution in [3.05, 3.63) is 35.4 Å². The zero-order chi connectivity index (χ0) is 15.3. The largest absolute Gasteiger partial charge is 0.393 e. The van der Waals surface area contributed by atoms with Crippen molar-refractivity contribution in [2.45, 2.75) is 51.0 Å². The third kappa shape index (κ3) is 2.40. The first-order valence-corrected chi connectivity index (χ1v) is 7.12. The van der Waals surface area contributed by atoms with Crippen molar-refractivity contribution in [1.29, 1.82) is 0 Å². The molecule has 0 bridgehead atoms. The quantitative estimate of drug-likeness (QED) is 0.861. The van der Waals surface area contributed by atoms with E-state index in [4.69, 9.17) is 14.2 Å². The molecule has 0 unspecified atom stereocenters. The van der Waals surface area contributed by atoms with Gasteiger partial charge in [-0.15, -0.1) is 0 Å². The number of fused-ring (bicyclic) bond motifs is 1. The number of hydrogen-bond donors (Lipinski definition) is 1. The van der Waals surface area contributed by atoms with Crippen LogP contribution in [-0.4, -0.2) is 41.3 Å². The fourth-order valence-corrected chi connectivity index (χ4v) is 3.03. The van der Waals surface area contributed by atoms with Crippen molar-refractivity contribution in [2.75, 3.05) is 6.61 Å². The van der Waals surface area contributed by atoms with Crippen LogP contribution in [0.4, 0.5) is 0 Å². The van der Waals surface area contributed by atoms with Crippen LogP contribution in [0.3, 0.4) is 0 Å². The summed E-state index contributed by atoms with van der Waals surface area (Å²) in [5.41, 5.74) is 0.140. The van der Waals surface area contributed by atoms with Crippen LogP contribution in [0.5, 0.6) is 0 Å². The van der Waals surface area contributed by atoms with Crippen molar-refractivity contribution < 1.29 is 24.1 Å². The van der Waals surface area contributed by atoms with E-state index in [1.54, 1.807) is 26.0 Å². The highest BCUT2D eigenvalue weighted by Crippen LogP contribution is 2.43. The molecule has 2 aliphatic heterocycles. The predicted octanol–water partition coefficient (Wildman–Crippen LogP) is 1.81. The maximum atomic E-state index is 12.8. The number of Topliss-reactive ketones (excluding diaryl/α,β-unsaturated/α-hetero) is 1. The Bertz CT molecular complexity index is 550. The zero-order valence-electron chi connectivity index (χ0n) is 12.5. The molecule has 2 aliphatic rings. The van der Waals surface area contributed by atoms with E-state index >= 15 is 0 Å². The minimum atomic E-state index is -1.28. The van der Waals surface area contributed by atoms with Gasteiger partial charge in [0.1, 0.15) is 6.10 Å². The summed E-state index contributed by atoms with van der Waals surface area (Å²) >= 11 is 0. The van der Waals surface area contributed by atoms with Gasteiger partial charge in [0.15, 0.2) is 23.5 Å². The van der Waals surface area contributed by atoms with Gasteiger partial charge in [0.05, 0.1) is 6.61 Å². The minimum Gasteiger partial charge on any atom is -0.393 e. The van der Waals surface area contributed by atoms with E-state index in [0.717, 1.165) is 5.56 Å². The molecule has 0 amide bonds. The highest BCUT2D eigenvalue weighted by molar-refractivity contribution is 6.04. The first-order chi connectivity index (χ1) is 9.87. The van der Waals surface area contributed by atoms with E-state index in [0.29, 0.717) is 12.0 Å². The summed E-state index contributed by atoms with van der Waals surface area (Å²) in [6, 6.07) is 7.29. The topological polar surface area (TPSA) is 65.0 Å². The summed E-state index contributed by atoms with van der Waals surface area (Å²) in [7, 11) is 0. The summed E-state index contributed by atoms with van der Waals surface area (Å²) in [6.45, 7) is 5.08. The molecule has 5 nitrogen and oxygen atoms in total. The molecule has 0 spiro atoms. The number of ketones is 1. The molecule has 5 heteroatoms. The Morgan fingerprint density at radius 1 is 1.29 bits per heavy atom.